The fourth-order valence-corrected chi connectivity index (χ4v) is 5.06. The summed E-state index contributed by atoms with van der Waals surface area (Å²) in [5.41, 5.74) is 3.07. The maximum absolute atomic E-state index is 13.1. The number of amides is 1. The van der Waals surface area contributed by atoms with Gasteiger partial charge in [0.2, 0.25) is 0 Å². The van der Waals surface area contributed by atoms with Gasteiger partial charge < -0.3 is 24.0 Å². The van der Waals surface area contributed by atoms with E-state index in [1.54, 1.807) is 7.11 Å². The maximum atomic E-state index is 13.1. The molecule has 1 heterocycles. The molecular weight excluding hydrogens is 440 g/mol. The highest BCUT2D eigenvalue weighted by Gasteiger charge is 2.34. The first-order chi connectivity index (χ1) is 16.7. The van der Waals surface area contributed by atoms with Gasteiger partial charge in [0.25, 0.3) is 0 Å². The van der Waals surface area contributed by atoms with Gasteiger partial charge in [-0.3, -0.25) is 0 Å². The molecule has 1 amide bonds. The van der Waals surface area contributed by atoms with Crippen LogP contribution in [0.4, 0.5) is 10.5 Å². The van der Waals surface area contributed by atoms with Gasteiger partial charge in [0.15, 0.2) is 11.5 Å². The normalized spacial score (nSPS) is 19.1. The van der Waals surface area contributed by atoms with E-state index in [-0.39, 0.29) is 18.2 Å². The Morgan fingerprint density at radius 2 is 1.77 bits per heavy atom. The highest BCUT2D eigenvalue weighted by molar-refractivity contribution is 5.69. The Morgan fingerprint density at radius 3 is 2.46 bits per heavy atom. The average molecular weight is 481 g/mol. The van der Waals surface area contributed by atoms with Crippen molar-refractivity contribution in [2.75, 3.05) is 31.6 Å². The molecule has 6 heteroatoms. The lowest BCUT2D eigenvalue weighted by atomic mass is 9.98. The summed E-state index contributed by atoms with van der Waals surface area (Å²) in [6.07, 6.45) is 5.44. The number of hydrogen-bond donors (Lipinski definition) is 0. The molecule has 1 aliphatic heterocycles. The summed E-state index contributed by atoms with van der Waals surface area (Å²) in [6.45, 7) is 9.95. The third-order valence-electron chi connectivity index (χ3n) is 6.94. The van der Waals surface area contributed by atoms with Crippen LogP contribution in [-0.2, 0) is 11.2 Å². The number of carbonyl (C=O) groups excluding carboxylic acids is 1. The summed E-state index contributed by atoms with van der Waals surface area (Å²) < 4.78 is 17.7. The van der Waals surface area contributed by atoms with Crippen LogP contribution in [0.1, 0.15) is 57.6 Å². The summed E-state index contributed by atoms with van der Waals surface area (Å²) in [4.78, 5) is 17.4. The Bertz CT molecular complexity index is 1010. The quantitative estimate of drug-likeness (QED) is 0.508. The van der Waals surface area contributed by atoms with E-state index in [0.717, 1.165) is 49.5 Å². The molecule has 2 aromatic carbocycles. The number of aryl methyl sites for hydroxylation is 1. The number of benzene rings is 2. The summed E-state index contributed by atoms with van der Waals surface area (Å²) in [6, 6.07) is 14.6. The van der Waals surface area contributed by atoms with Gasteiger partial charge in [-0.25, -0.2) is 4.79 Å². The predicted molar refractivity (Wildman–Crippen MR) is 140 cm³/mol. The first-order valence-electron chi connectivity index (χ1n) is 12.9. The van der Waals surface area contributed by atoms with Crippen LogP contribution >= 0.6 is 0 Å². The van der Waals surface area contributed by atoms with E-state index in [2.05, 4.69) is 48.2 Å². The van der Waals surface area contributed by atoms with Crippen LogP contribution in [0.5, 0.6) is 11.5 Å². The van der Waals surface area contributed by atoms with Crippen molar-refractivity contribution >= 4 is 11.8 Å². The predicted octanol–water partition coefficient (Wildman–Crippen LogP) is 5.99. The van der Waals surface area contributed by atoms with E-state index in [4.69, 9.17) is 14.2 Å². The molecule has 1 aliphatic carbocycles. The largest absolute Gasteiger partial charge is 0.493 e. The van der Waals surface area contributed by atoms with Crippen LogP contribution in [0, 0.1) is 6.92 Å². The van der Waals surface area contributed by atoms with Gasteiger partial charge in [-0.15, -0.1) is 0 Å². The van der Waals surface area contributed by atoms with Crippen molar-refractivity contribution in [3.05, 3.63) is 53.6 Å². The number of hydrogen-bond acceptors (Lipinski definition) is 5. The van der Waals surface area contributed by atoms with Gasteiger partial charge in [-0.05, 0) is 83.1 Å². The van der Waals surface area contributed by atoms with Crippen molar-refractivity contribution in [2.24, 2.45) is 0 Å². The van der Waals surface area contributed by atoms with Crippen molar-refractivity contribution in [2.45, 2.75) is 77.5 Å². The van der Waals surface area contributed by atoms with Gasteiger partial charge >= 0.3 is 6.09 Å². The molecule has 6 nitrogen and oxygen atoms in total. The minimum Gasteiger partial charge on any atom is -0.493 e. The second-order valence-corrected chi connectivity index (χ2v) is 10.8. The first-order valence-corrected chi connectivity index (χ1v) is 12.9. The Kier molecular flexibility index (Phi) is 7.78. The maximum Gasteiger partial charge on any atom is 0.410 e. The van der Waals surface area contributed by atoms with Gasteiger partial charge in [-0.2, -0.15) is 0 Å². The fourth-order valence-electron chi connectivity index (χ4n) is 5.06. The zero-order chi connectivity index (χ0) is 25.0. The van der Waals surface area contributed by atoms with E-state index in [1.165, 1.54) is 24.0 Å². The topological polar surface area (TPSA) is 51.2 Å². The minimum atomic E-state index is -0.524. The van der Waals surface area contributed by atoms with Crippen LogP contribution in [0.25, 0.3) is 0 Å². The Labute approximate surface area is 210 Å². The number of piperazine rings is 1. The number of rotatable bonds is 6. The van der Waals surface area contributed by atoms with E-state index in [9.17, 15) is 4.79 Å². The van der Waals surface area contributed by atoms with Gasteiger partial charge in [0.05, 0.1) is 19.3 Å². The van der Waals surface area contributed by atoms with Crippen molar-refractivity contribution in [3.8, 4) is 11.5 Å². The van der Waals surface area contributed by atoms with Crippen LogP contribution in [0.15, 0.2) is 42.5 Å². The Balaban J connectivity index is 1.56. The Hall–Kier alpha value is -2.89. The zero-order valence-electron chi connectivity index (χ0n) is 21.9. The van der Waals surface area contributed by atoms with Crippen LogP contribution in [-0.4, -0.2) is 55.5 Å². The van der Waals surface area contributed by atoms with E-state index >= 15 is 0 Å². The smallest absolute Gasteiger partial charge is 0.410 e. The van der Waals surface area contributed by atoms with Crippen molar-refractivity contribution in [3.63, 3.8) is 0 Å². The molecule has 0 bridgehead atoms. The molecule has 35 heavy (non-hydrogen) atoms. The van der Waals surface area contributed by atoms with Gasteiger partial charge in [0, 0.05) is 31.4 Å². The summed E-state index contributed by atoms with van der Waals surface area (Å²) in [5.74, 6) is 1.58. The summed E-state index contributed by atoms with van der Waals surface area (Å²) >= 11 is 0. The van der Waals surface area contributed by atoms with Crippen LogP contribution in [0.3, 0.4) is 0 Å². The molecule has 0 spiro atoms. The molecule has 1 saturated heterocycles. The second-order valence-electron chi connectivity index (χ2n) is 10.8. The number of ether oxygens (including phenoxy) is 3. The number of nitrogens with zero attached hydrogens (tertiary/aromatic N) is 2. The SMILES string of the molecule is COc1ccc(N2CCN(C(=O)OC(C)(C)C)C(Cc3ccccc3C)C2)cc1OC1CCCC1. The third-order valence-corrected chi connectivity index (χ3v) is 6.94. The van der Waals surface area contributed by atoms with E-state index in [1.807, 2.05) is 31.7 Å². The van der Waals surface area contributed by atoms with Crippen LogP contribution in [0.2, 0.25) is 0 Å². The highest BCUT2D eigenvalue weighted by Crippen LogP contribution is 2.36. The molecule has 0 radical (unpaired) electrons. The van der Waals surface area contributed by atoms with Crippen molar-refractivity contribution in [1.82, 2.24) is 4.90 Å². The molecule has 2 aliphatic rings. The minimum absolute atomic E-state index is 0.000928. The monoisotopic (exact) mass is 480 g/mol. The summed E-state index contributed by atoms with van der Waals surface area (Å²) in [5, 5.41) is 0. The molecule has 4 rings (SSSR count). The lowest BCUT2D eigenvalue weighted by Crippen LogP contribution is -2.57. The van der Waals surface area contributed by atoms with Gasteiger partial charge in [0.1, 0.15) is 5.60 Å². The third kappa shape index (κ3) is 6.41. The molecular formula is C29H40N2O4. The molecule has 2 fully saturated rings. The molecule has 1 atom stereocenters. The highest BCUT2D eigenvalue weighted by atomic mass is 16.6. The first kappa shape index (κ1) is 25.2. The van der Waals surface area contributed by atoms with E-state index in [0.29, 0.717) is 6.54 Å². The standard InChI is InChI=1S/C29H40N2O4/c1-21-10-6-7-11-22(21)18-24-20-30(16-17-31(24)28(32)35-29(2,3)4)23-14-15-26(33-5)27(19-23)34-25-12-8-9-13-25/h6-7,10-11,14-15,19,24-25H,8-9,12-13,16-18,20H2,1-5H3. The number of methoxy groups -OCH3 is 1. The fraction of sp³-hybridized carbons (Fsp3) is 0.552. The molecule has 2 aromatic rings. The molecule has 0 N–H and O–H groups in total. The van der Waals surface area contributed by atoms with Gasteiger partial charge in [-0.1, -0.05) is 24.3 Å². The zero-order valence-corrected chi connectivity index (χ0v) is 21.9. The average Bonchev–Trinajstić information content (AvgIpc) is 3.32. The van der Waals surface area contributed by atoms with Crippen molar-refractivity contribution < 1.29 is 19.0 Å². The number of anilines is 1. The van der Waals surface area contributed by atoms with Crippen molar-refractivity contribution in [1.29, 1.82) is 0 Å². The Morgan fingerprint density at radius 1 is 1.03 bits per heavy atom. The lowest BCUT2D eigenvalue weighted by molar-refractivity contribution is 0.0141. The molecule has 1 saturated carbocycles. The molecule has 190 valence electrons. The van der Waals surface area contributed by atoms with Crippen LogP contribution < -0.4 is 14.4 Å². The van der Waals surface area contributed by atoms with E-state index < -0.39 is 5.60 Å². The molecule has 0 aromatic heterocycles. The number of carbonyl (C=O) groups is 1. The lowest BCUT2D eigenvalue weighted by Gasteiger charge is -2.43. The second kappa shape index (κ2) is 10.8. The summed E-state index contributed by atoms with van der Waals surface area (Å²) in [7, 11) is 1.69. The molecule has 1 unspecified atom stereocenters.